The van der Waals surface area contributed by atoms with E-state index in [1.807, 2.05) is 32.0 Å². The number of nitrogens with one attached hydrogen (secondary N) is 2. The minimum atomic E-state index is -0.277. The molecule has 2 amide bonds. The number of hydrogen-bond acceptors (Lipinski definition) is 3. The van der Waals surface area contributed by atoms with Crippen LogP contribution in [-0.2, 0) is 4.79 Å². The van der Waals surface area contributed by atoms with Gasteiger partial charge in [0.25, 0.3) is 5.91 Å². The summed E-state index contributed by atoms with van der Waals surface area (Å²) in [5.41, 5.74) is 3.50. The fraction of sp³-hybridized carbons (Fsp3) is 0.318. The molecule has 2 aromatic carbocycles. The maximum absolute atomic E-state index is 12.4. The highest BCUT2D eigenvalue weighted by Gasteiger charge is 2.25. The van der Waals surface area contributed by atoms with Gasteiger partial charge in [-0.25, -0.2) is 0 Å². The Bertz CT molecular complexity index is 885. The van der Waals surface area contributed by atoms with Crippen molar-refractivity contribution in [1.29, 1.82) is 0 Å². The fourth-order valence-corrected chi connectivity index (χ4v) is 2.89. The number of amides is 2. The van der Waals surface area contributed by atoms with E-state index in [1.165, 1.54) is 0 Å². The smallest absolute Gasteiger partial charge is 0.253 e. The molecule has 1 aliphatic rings. The van der Waals surface area contributed by atoms with E-state index >= 15 is 0 Å². The zero-order valence-electron chi connectivity index (χ0n) is 15.7. The molecule has 0 unspecified atom stereocenters. The first kappa shape index (κ1) is 18.8. The van der Waals surface area contributed by atoms with Crippen LogP contribution in [0, 0.1) is 13.8 Å². The van der Waals surface area contributed by atoms with Crippen molar-refractivity contribution in [3.05, 3.63) is 64.7 Å². The van der Waals surface area contributed by atoms with Crippen molar-refractivity contribution in [1.82, 2.24) is 5.32 Å². The molecule has 0 aliphatic heterocycles. The molecule has 0 spiro atoms. The van der Waals surface area contributed by atoms with Gasteiger partial charge in [0.1, 0.15) is 0 Å². The summed E-state index contributed by atoms with van der Waals surface area (Å²) in [7, 11) is 0. The van der Waals surface area contributed by atoms with Crippen molar-refractivity contribution in [2.24, 2.45) is 0 Å². The van der Waals surface area contributed by atoms with Crippen molar-refractivity contribution in [3.63, 3.8) is 0 Å². The van der Waals surface area contributed by atoms with Crippen LogP contribution >= 0.6 is 0 Å². The van der Waals surface area contributed by atoms with Gasteiger partial charge in [-0.15, -0.1) is 0 Å². The largest absolute Gasteiger partial charge is 0.349 e. The number of benzene rings is 2. The van der Waals surface area contributed by atoms with Gasteiger partial charge in [0.2, 0.25) is 5.91 Å². The quantitative estimate of drug-likeness (QED) is 0.734. The molecule has 1 saturated carbocycles. The van der Waals surface area contributed by atoms with E-state index in [2.05, 4.69) is 10.6 Å². The normalized spacial score (nSPS) is 13.1. The first-order valence-corrected chi connectivity index (χ1v) is 9.24. The Balaban J connectivity index is 1.60. The highest BCUT2D eigenvalue weighted by molar-refractivity contribution is 6.05. The molecule has 0 heterocycles. The molecule has 1 aliphatic carbocycles. The lowest BCUT2D eigenvalue weighted by atomic mass is 9.99. The van der Waals surface area contributed by atoms with Gasteiger partial charge in [-0.05, 0) is 50.5 Å². The lowest BCUT2D eigenvalue weighted by molar-refractivity contribution is -0.116. The van der Waals surface area contributed by atoms with Gasteiger partial charge in [-0.3, -0.25) is 14.4 Å². The summed E-state index contributed by atoms with van der Waals surface area (Å²) in [6.45, 7) is 3.83. The molecule has 2 N–H and O–H groups in total. The van der Waals surface area contributed by atoms with Crippen LogP contribution in [0.25, 0.3) is 0 Å². The second kappa shape index (κ2) is 8.16. The molecule has 140 valence electrons. The molecule has 5 nitrogen and oxygen atoms in total. The van der Waals surface area contributed by atoms with Crippen molar-refractivity contribution in [2.45, 2.75) is 45.6 Å². The Kier molecular flexibility index (Phi) is 5.69. The average Bonchev–Trinajstić information content (AvgIpc) is 3.46. The molecule has 3 rings (SSSR count). The summed E-state index contributed by atoms with van der Waals surface area (Å²) in [5.74, 6) is -0.508. The number of carbonyl (C=O) groups excluding carboxylic acids is 3. The topological polar surface area (TPSA) is 75.3 Å². The number of Topliss-reactive ketones (excluding diaryl/α,β-unsaturated/α-hetero) is 1. The van der Waals surface area contributed by atoms with Crippen molar-refractivity contribution >= 4 is 23.3 Å². The second-order valence-corrected chi connectivity index (χ2v) is 7.08. The van der Waals surface area contributed by atoms with E-state index in [1.54, 1.807) is 24.3 Å². The van der Waals surface area contributed by atoms with E-state index < -0.39 is 0 Å². The first-order valence-electron chi connectivity index (χ1n) is 9.24. The zero-order chi connectivity index (χ0) is 19.4. The third kappa shape index (κ3) is 5.03. The van der Waals surface area contributed by atoms with Crippen LogP contribution in [0.2, 0.25) is 0 Å². The van der Waals surface area contributed by atoms with Crippen molar-refractivity contribution in [2.75, 3.05) is 5.32 Å². The van der Waals surface area contributed by atoms with Gasteiger partial charge in [0, 0.05) is 24.4 Å². The van der Waals surface area contributed by atoms with Gasteiger partial charge in [-0.1, -0.05) is 29.8 Å². The summed E-state index contributed by atoms with van der Waals surface area (Å²) >= 11 is 0. The number of aryl methyl sites for hydroxylation is 2. The Morgan fingerprint density at radius 3 is 2.44 bits per heavy atom. The molecule has 5 heteroatoms. The monoisotopic (exact) mass is 364 g/mol. The Morgan fingerprint density at radius 1 is 0.963 bits per heavy atom. The lowest BCUT2D eigenvalue weighted by Crippen LogP contribution is -2.27. The number of para-hydroxylation sites is 1. The lowest BCUT2D eigenvalue weighted by Gasteiger charge is -2.11. The Labute approximate surface area is 159 Å². The van der Waals surface area contributed by atoms with Crippen LogP contribution in [0.3, 0.4) is 0 Å². The molecule has 0 bridgehead atoms. The molecular weight excluding hydrogens is 340 g/mol. The minimum Gasteiger partial charge on any atom is -0.349 e. The summed E-state index contributed by atoms with van der Waals surface area (Å²) in [4.78, 5) is 37.0. The number of rotatable bonds is 7. The van der Waals surface area contributed by atoms with Gasteiger partial charge in [-0.2, -0.15) is 0 Å². The van der Waals surface area contributed by atoms with Gasteiger partial charge >= 0.3 is 0 Å². The predicted molar refractivity (Wildman–Crippen MR) is 105 cm³/mol. The molecule has 0 saturated heterocycles. The highest BCUT2D eigenvalue weighted by Crippen LogP contribution is 2.22. The van der Waals surface area contributed by atoms with Crippen LogP contribution < -0.4 is 10.6 Å². The van der Waals surface area contributed by atoms with E-state index in [4.69, 9.17) is 0 Å². The van der Waals surface area contributed by atoms with Crippen LogP contribution in [-0.4, -0.2) is 23.6 Å². The number of carbonyl (C=O) groups is 3. The van der Waals surface area contributed by atoms with E-state index in [-0.39, 0.29) is 36.5 Å². The van der Waals surface area contributed by atoms with Crippen LogP contribution in [0.15, 0.2) is 42.5 Å². The van der Waals surface area contributed by atoms with Gasteiger partial charge < -0.3 is 10.6 Å². The van der Waals surface area contributed by atoms with E-state index in [9.17, 15) is 14.4 Å². The first-order chi connectivity index (χ1) is 12.9. The zero-order valence-corrected chi connectivity index (χ0v) is 15.7. The van der Waals surface area contributed by atoms with Crippen molar-refractivity contribution < 1.29 is 14.4 Å². The van der Waals surface area contributed by atoms with Crippen LogP contribution in [0.4, 0.5) is 5.69 Å². The van der Waals surface area contributed by atoms with Crippen LogP contribution in [0.5, 0.6) is 0 Å². The summed E-state index contributed by atoms with van der Waals surface area (Å²) < 4.78 is 0. The SMILES string of the molecule is Cc1ccc(C)c(C(=O)CCC(=O)Nc2ccccc2C(=O)NC2CC2)c1. The van der Waals surface area contributed by atoms with Crippen molar-refractivity contribution in [3.8, 4) is 0 Å². The summed E-state index contributed by atoms with van der Waals surface area (Å²) in [6.07, 6.45) is 2.21. The van der Waals surface area contributed by atoms with E-state index in [0.717, 1.165) is 24.0 Å². The van der Waals surface area contributed by atoms with Gasteiger partial charge in [0.05, 0.1) is 11.3 Å². The molecule has 27 heavy (non-hydrogen) atoms. The molecule has 0 radical (unpaired) electrons. The maximum Gasteiger partial charge on any atom is 0.253 e. The predicted octanol–water partition coefficient (Wildman–Crippen LogP) is 3.80. The molecular formula is C22H24N2O3. The number of ketones is 1. The summed E-state index contributed by atoms with van der Waals surface area (Å²) in [5, 5.41) is 5.69. The Morgan fingerprint density at radius 2 is 1.70 bits per heavy atom. The highest BCUT2D eigenvalue weighted by atomic mass is 16.2. The fourth-order valence-electron chi connectivity index (χ4n) is 2.89. The standard InChI is InChI=1S/C22H24N2O3/c1-14-7-8-15(2)18(13-14)20(25)11-12-21(26)24-19-6-4-3-5-17(19)22(27)23-16-9-10-16/h3-8,13,16H,9-12H2,1-2H3,(H,23,27)(H,24,26). The third-order valence-corrected chi connectivity index (χ3v) is 4.63. The second-order valence-electron chi connectivity index (χ2n) is 7.08. The van der Waals surface area contributed by atoms with Crippen LogP contribution in [0.1, 0.15) is 57.5 Å². The summed E-state index contributed by atoms with van der Waals surface area (Å²) in [6, 6.07) is 12.9. The number of hydrogen-bond donors (Lipinski definition) is 2. The third-order valence-electron chi connectivity index (χ3n) is 4.63. The van der Waals surface area contributed by atoms with Gasteiger partial charge in [0.15, 0.2) is 5.78 Å². The molecule has 0 aromatic heterocycles. The maximum atomic E-state index is 12.4. The molecule has 2 aromatic rings. The minimum absolute atomic E-state index is 0.0499. The molecule has 1 fully saturated rings. The Hall–Kier alpha value is -2.95. The van der Waals surface area contributed by atoms with E-state index in [0.29, 0.717) is 16.8 Å². The molecule has 0 atom stereocenters. The average molecular weight is 364 g/mol. The number of anilines is 1.